The molecule has 0 spiro atoms. The average Bonchev–Trinajstić information content (AvgIpc) is 2.45. The van der Waals surface area contributed by atoms with Crippen molar-refractivity contribution in [3.63, 3.8) is 0 Å². The van der Waals surface area contributed by atoms with Gasteiger partial charge in [-0.2, -0.15) is 0 Å². The van der Waals surface area contributed by atoms with E-state index < -0.39 is 5.97 Å². The van der Waals surface area contributed by atoms with Crippen molar-refractivity contribution in [2.75, 3.05) is 26.1 Å². The third-order valence-corrected chi connectivity index (χ3v) is 2.82. The number of anilines is 1. The highest BCUT2D eigenvalue weighted by Gasteiger charge is 2.09. The number of esters is 1. The Hall–Kier alpha value is -1.81. The molecule has 20 heavy (non-hydrogen) atoms. The van der Waals surface area contributed by atoms with Crippen LogP contribution in [0.25, 0.3) is 0 Å². The highest BCUT2D eigenvalue weighted by atomic mass is 16.5. The molecule has 0 heterocycles. The van der Waals surface area contributed by atoms with Gasteiger partial charge in [-0.25, -0.2) is 4.79 Å². The minimum absolute atomic E-state index is 0.405. The molecule has 110 valence electrons. The van der Waals surface area contributed by atoms with Crippen LogP contribution in [-0.4, -0.2) is 26.3 Å². The van der Waals surface area contributed by atoms with Crippen molar-refractivity contribution < 1.29 is 14.3 Å². The molecule has 1 rings (SSSR count). The van der Waals surface area contributed by atoms with Gasteiger partial charge < -0.3 is 15.2 Å². The Morgan fingerprint density at radius 3 is 2.75 bits per heavy atom. The lowest BCUT2D eigenvalue weighted by molar-refractivity contribution is 0.0602. The van der Waals surface area contributed by atoms with Crippen LogP contribution in [-0.2, 0) is 15.9 Å². The maximum atomic E-state index is 11.4. The second kappa shape index (κ2) is 9.15. The fraction of sp³-hybridized carbons (Fsp3) is 0.438. The van der Waals surface area contributed by atoms with Gasteiger partial charge in [-0.3, -0.25) is 0 Å². The Labute approximate surface area is 120 Å². The Kier molecular flexibility index (Phi) is 7.43. The molecular formula is C16H23NO3. The average molecular weight is 277 g/mol. The van der Waals surface area contributed by atoms with E-state index in [9.17, 15) is 4.79 Å². The first-order valence-corrected chi connectivity index (χ1v) is 6.88. The van der Waals surface area contributed by atoms with Crippen molar-refractivity contribution in [1.29, 1.82) is 0 Å². The van der Waals surface area contributed by atoms with Crippen LogP contribution in [0.1, 0.15) is 35.7 Å². The minimum atomic E-state index is -0.405. The maximum Gasteiger partial charge on any atom is 0.339 e. The van der Waals surface area contributed by atoms with E-state index in [1.165, 1.54) is 7.11 Å². The fourth-order valence-corrected chi connectivity index (χ4v) is 1.77. The smallest absolute Gasteiger partial charge is 0.339 e. The largest absolute Gasteiger partial charge is 0.465 e. The van der Waals surface area contributed by atoms with E-state index in [1.54, 1.807) is 6.07 Å². The van der Waals surface area contributed by atoms with Gasteiger partial charge in [0.15, 0.2) is 0 Å². The zero-order valence-electron chi connectivity index (χ0n) is 12.2. The normalized spacial score (nSPS) is 10.9. The second-order valence-electron chi connectivity index (χ2n) is 4.49. The predicted octanol–water partition coefficient (Wildman–Crippen LogP) is 2.97. The van der Waals surface area contributed by atoms with Gasteiger partial charge in [0, 0.05) is 12.3 Å². The number of benzene rings is 1. The molecule has 0 unspecified atom stereocenters. The van der Waals surface area contributed by atoms with Crippen molar-refractivity contribution in [3.8, 4) is 0 Å². The molecule has 1 aromatic carbocycles. The highest BCUT2D eigenvalue weighted by molar-refractivity contribution is 5.95. The summed E-state index contributed by atoms with van der Waals surface area (Å²) in [6, 6.07) is 5.40. The zero-order chi connectivity index (χ0) is 14.8. The summed E-state index contributed by atoms with van der Waals surface area (Å²) in [5, 5.41) is 0. The number of carbonyl (C=O) groups excluding carboxylic acids is 1. The number of hydrogen-bond acceptors (Lipinski definition) is 4. The van der Waals surface area contributed by atoms with Crippen LogP contribution in [0.15, 0.2) is 30.4 Å². The van der Waals surface area contributed by atoms with Gasteiger partial charge in [-0.15, -0.1) is 0 Å². The molecule has 0 atom stereocenters. The molecule has 1 aromatic rings. The van der Waals surface area contributed by atoms with Gasteiger partial charge in [0.05, 0.1) is 19.3 Å². The number of carbonyl (C=O) groups is 1. The highest BCUT2D eigenvalue weighted by Crippen LogP contribution is 2.16. The molecule has 0 amide bonds. The van der Waals surface area contributed by atoms with Crippen LogP contribution in [0.3, 0.4) is 0 Å². The molecular weight excluding hydrogens is 254 g/mol. The van der Waals surface area contributed by atoms with Crippen molar-refractivity contribution in [1.82, 2.24) is 0 Å². The minimum Gasteiger partial charge on any atom is -0.465 e. The molecule has 0 saturated heterocycles. The maximum absolute atomic E-state index is 11.4. The summed E-state index contributed by atoms with van der Waals surface area (Å²) in [6.07, 6.45) is 6.94. The first-order valence-electron chi connectivity index (χ1n) is 6.88. The van der Waals surface area contributed by atoms with E-state index in [2.05, 4.69) is 23.8 Å². The lowest BCUT2D eigenvalue weighted by Gasteiger charge is -2.05. The summed E-state index contributed by atoms with van der Waals surface area (Å²) >= 11 is 0. The molecule has 0 fully saturated rings. The molecule has 0 radical (unpaired) electrons. The first-order chi connectivity index (χ1) is 9.69. The number of methoxy groups -OCH3 is 1. The van der Waals surface area contributed by atoms with Crippen LogP contribution < -0.4 is 5.73 Å². The molecule has 4 heteroatoms. The van der Waals surface area contributed by atoms with Crippen molar-refractivity contribution in [2.45, 2.75) is 26.2 Å². The van der Waals surface area contributed by atoms with E-state index in [-0.39, 0.29) is 0 Å². The Morgan fingerprint density at radius 1 is 1.30 bits per heavy atom. The predicted molar refractivity (Wildman–Crippen MR) is 80.8 cm³/mol. The van der Waals surface area contributed by atoms with Crippen molar-refractivity contribution >= 4 is 11.7 Å². The monoisotopic (exact) mass is 277 g/mol. The van der Waals surface area contributed by atoms with Crippen LogP contribution in [0.2, 0.25) is 0 Å². The van der Waals surface area contributed by atoms with Gasteiger partial charge >= 0.3 is 5.97 Å². The van der Waals surface area contributed by atoms with E-state index in [0.29, 0.717) is 11.3 Å². The van der Waals surface area contributed by atoms with Gasteiger partial charge in [0.25, 0.3) is 0 Å². The van der Waals surface area contributed by atoms with Crippen LogP contribution in [0.4, 0.5) is 5.69 Å². The fourth-order valence-electron chi connectivity index (χ4n) is 1.77. The summed E-state index contributed by atoms with van der Waals surface area (Å²) < 4.78 is 10.0. The summed E-state index contributed by atoms with van der Waals surface area (Å²) in [5.74, 6) is -0.405. The van der Waals surface area contributed by atoms with Crippen molar-refractivity contribution in [3.05, 3.63) is 41.5 Å². The van der Waals surface area contributed by atoms with Gasteiger partial charge in [0.1, 0.15) is 0 Å². The Morgan fingerprint density at radius 2 is 2.10 bits per heavy atom. The quantitative estimate of drug-likeness (QED) is 0.343. The lowest BCUT2D eigenvalue weighted by atomic mass is 10.1. The molecule has 2 N–H and O–H groups in total. The Bertz CT molecular complexity index is 455. The molecule has 0 aliphatic carbocycles. The molecule has 0 aliphatic rings. The molecule has 0 aromatic heterocycles. The van der Waals surface area contributed by atoms with E-state index in [4.69, 9.17) is 10.5 Å². The van der Waals surface area contributed by atoms with E-state index in [1.807, 2.05) is 12.1 Å². The van der Waals surface area contributed by atoms with E-state index in [0.717, 1.165) is 38.0 Å². The zero-order valence-corrected chi connectivity index (χ0v) is 12.2. The van der Waals surface area contributed by atoms with Crippen LogP contribution in [0, 0.1) is 0 Å². The topological polar surface area (TPSA) is 61.5 Å². The summed E-state index contributed by atoms with van der Waals surface area (Å²) in [4.78, 5) is 11.4. The van der Waals surface area contributed by atoms with Crippen LogP contribution >= 0.6 is 0 Å². The van der Waals surface area contributed by atoms with Gasteiger partial charge in [-0.05, 0) is 37.0 Å². The molecule has 0 saturated carbocycles. The van der Waals surface area contributed by atoms with Gasteiger partial charge in [-0.1, -0.05) is 25.1 Å². The first kappa shape index (κ1) is 16.2. The summed E-state index contributed by atoms with van der Waals surface area (Å²) in [7, 11) is 1.35. The Balaban J connectivity index is 2.43. The number of ether oxygens (including phenoxy) is 2. The third kappa shape index (κ3) is 5.45. The molecule has 4 nitrogen and oxygen atoms in total. The second-order valence-corrected chi connectivity index (χ2v) is 4.49. The SMILES string of the molecule is CCCOCC/C=C\Cc1ccc(C(=O)OC)c(N)c1. The number of hydrogen-bond donors (Lipinski definition) is 1. The summed E-state index contributed by atoms with van der Waals surface area (Å²) in [6.45, 7) is 3.67. The summed E-state index contributed by atoms with van der Waals surface area (Å²) in [5.41, 5.74) is 7.77. The number of rotatable bonds is 8. The number of nitrogens with two attached hydrogens (primary N) is 1. The van der Waals surface area contributed by atoms with Gasteiger partial charge in [0.2, 0.25) is 0 Å². The molecule has 0 aliphatic heterocycles. The lowest BCUT2D eigenvalue weighted by Crippen LogP contribution is -2.05. The number of nitrogen functional groups attached to an aromatic ring is 1. The standard InChI is InChI=1S/C16H23NO3/c1-3-10-20-11-6-4-5-7-13-8-9-14(15(17)12-13)16(18)19-2/h4-5,8-9,12H,3,6-7,10-11,17H2,1-2H3/b5-4-. The third-order valence-electron chi connectivity index (χ3n) is 2.82. The molecule has 0 bridgehead atoms. The van der Waals surface area contributed by atoms with Crippen LogP contribution in [0.5, 0.6) is 0 Å². The van der Waals surface area contributed by atoms with E-state index >= 15 is 0 Å². The number of allylic oxidation sites excluding steroid dienone is 1. The van der Waals surface area contributed by atoms with Crippen molar-refractivity contribution in [2.24, 2.45) is 0 Å².